The third-order valence-corrected chi connectivity index (χ3v) is 7.13. The van der Waals surface area contributed by atoms with Crippen LogP contribution in [0.2, 0.25) is 0 Å². The lowest BCUT2D eigenvalue weighted by atomic mass is 10.1. The van der Waals surface area contributed by atoms with E-state index in [1.165, 1.54) is 18.9 Å². The molecule has 2 aromatic rings. The van der Waals surface area contributed by atoms with Crippen LogP contribution in [0.3, 0.4) is 0 Å². The van der Waals surface area contributed by atoms with E-state index in [0.29, 0.717) is 37.5 Å². The fourth-order valence-corrected chi connectivity index (χ4v) is 5.22. The molecule has 0 spiro atoms. The highest BCUT2D eigenvalue weighted by atomic mass is 19.1. The Hall–Kier alpha value is -3.27. The van der Waals surface area contributed by atoms with Crippen molar-refractivity contribution in [2.75, 3.05) is 43.0 Å². The SMILES string of the molecule is O=C1NCCCc2cnc(Nc3ccc(OCCN4CCCC4)c(F)c3)nc2N(C2CCCC2)C1=O. The Labute approximate surface area is 210 Å². The Morgan fingerprint density at radius 3 is 2.69 bits per heavy atom. The lowest BCUT2D eigenvalue weighted by Gasteiger charge is -2.28. The van der Waals surface area contributed by atoms with Crippen molar-refractivity contribution in [3.63, 3.8) is 0 Å². The summed E-state index contributed by atoms with van der Waals surface area (Å²) in [4.78, 5) is 38.5. The van der Waals surface area contributed by atoms with Crippen molar-refractivity contribution in [2.45, 2.75) is 57.4 Å². The third-order valence-electron chi connectivity index (χ3n) is 7.13. The second-order valence-electron chi connectivity index (χ2n) is 9.68. The van der Waals surface area contributed by atoms with Gasteiger partial charge in [0.25, 0.3) is 0 Å². The molecule has 9 nitrogen and oxygen atoms in total. The minimum Gasteiger partial charge on any atom is -0.489 e. The second kappa shape index (κ2) is 11.2. The van der Waals surface area contributed by atoms with Crippen LogP contribution in [0.25, 0.3) is 0 Å². The number of carbonyl (C=O) groups is 2. The predicted molar refractivity (Wildman–Crippen MR) is 134 cm³/mol. The molecule has 0 radical (unpaired) electrons. The van der Waals surface area contributed by atoms with E-state index in [1.54, 1.807) is 23.2 Å². The Morgan fingerprint density at radius 1 is 1.11 bits per heavy atom. The quantitative estimate of drug-likeness (QED) is 0.568. The molecular formula is C26H33FN6O3. The number of rotatable bonds is 7. The average Bonchev–Trinajstić information content (AvgIpc) is 3.59. The lowest BCUT2D eigenvalue weighted by molar-refractivity contribution is -0.137. The molecule has 10 heteroatoms. The van der Waals surface area contributed by atoms with Crippen LogP contribution < -0.4 is 20.3 Å². The molecule has 2 fully saturated rings. The summed E-state index contributed by atoms with van der Waals surface area (Å²) < 4.78 is 20.4. The first-order valence-corrected chi connectivity index (χ1v) is 13.0. The van der Waals surface area contributed by atoms with Gasteiger partial charge >= 0.3 is 11.8 Å². The smallest absolute Gasteiger partial charge is 0.317 e. The minimum absolute atomic E-state index is 0.0720. The third kappa shape index (κ3) is 5.59. The van der Waals surface area contributed by atoms with Gasteiger partial charge in [-0.1, -0.05) is 12.8 Å². The van der Waals surface area contributed by atoms with E-state index in [-0.39, 0.29) is 17.7 Å². The van der Waals surface area contributed by atoms with Crippen LogP contribution in [0.5, 0.6) is 5.75 Å². The number of aryl methyl sites for hydroxylation is 1. The van der Waals surface area contributed by atoms with Crippen LogP contribution in [-0.4, -0.2) is 65.5 Å². The van der Waals surface area contributed by atoms with Gasteiger partial charge in [-0.15, -0.1) is 0 Å². The van der Waals surface area contributed by atoms with Crippen LogP contribution in [-0.2, 0) is 16.0 Å². The molecule has 1 saturated heterocycles. The molecule has 0 bridgehead atoms. The molecule has 1 aromatic carbocycles. The highest BCUT2D eigenvalue weighted by Gasteiger charge is 2.35. The normalized spacial score (nSPS) is 19.4. The Balaban J connectivity index is 1.33. The molecular weight excluding hydrogens is 463 g/mol. The summed E-state index contributed by atoms with van der Waals surface area (Å²) in [6.45, 7) is 3.80. The van der Waals surface area contributed by atoms with Gasteiger partial charge in [0.2, 0.25) is 5.95 Å². The number of nitrogens with zero attached hydrogens (tertiary/aromatic N) is 4. The van der Waals surface area contributed by atoms with E-state index in [0.717, 1.165) is 50.9 Å². The van der Waals surface area contributed by atoms with Crippen molar-refractivity contribution in [2.24, 2.45) is 0 Å². The van der Waals surface area contributed by atoms with Gasteiger partial charge in [0.1, 0.15) is 12.4 Å². The summed E-state index contributed by atoms with van der Waals surface area (Å²) in [6.07, 6.45) is 9.11. The molecule has 2 aliphatic heterocycles. The number of hydrogen-bond acceptors (Lipinski definition) is 7. The number of benzene rings is 1. The van der Waals surface area contributed by atoms with Crippen molar-refractivity contribution >= 4 is 29.3 Å². The van der Waals surface area contributed by atoms with E-state index in [4.69, 9.17) is 4.74 Å². The standard InChI is InChI=1S/C26H33FN6O3/c27-21-16-19(9-10-22(21)36-15-14-32-12-3-4-13-32)30-26-29-17-18-6-5-11-28-24(34)25(35)33(23(18)31-26)20-7-1-2-8-20/h9-10,16-17,20H,1-8,11-15H2,(H,28,34)(H,29,30,31). The number of aromatic nitrogens is 2. The van der Waals surface area contributed by atoms with E-state index in [1.807, 2.05) is 0 Å². The van der Waals surface area contributed by atoms with Crippen molar-refractivity contribution in [3.05, 3.63) is 35.8 Å². The molecule has 0 atom stereocenters. The second-order valence-corrected chi connectivity index (χ2v) is 9.68. The van der Waals surface area contributed by atoms with Gasteiger partial charge in [-0.05, 0) is 63.7 Å². The maximum atomic E-state index is 14.7. The number of amides is 2. The summed E-state index contributed by atoms with van der Waals surface area (Å²) in [7, 11) is 0. The van der Waals surface area contributed by atoms with Gasteiger partial charge in [-0.2, -0.15) is 4.98 Å². The van der Waals surface area contributed by atoms with Crippen molar-refractivity contribution < 1.29 is 18.7 Å². The molecule has 2 N–H and O–H groups in total. The van der Waals surface area contributed by atoms with Crippen molar-refractivity contribution in [1.29, 1.82) is 0 Å². The molecule has 3 aliphatic rings. The molecule has 5 rings (SSSR count). The monoisotopic (exact) mass is 496 g/mol. The zero-order valence-electron chi connectivity index (χ0n) is 20.5. The van der Waals surface area contributed by atoms with Gasteiger partial charge < -0.3 is 15.4 Å². The molecule has 36 heavy (non-hydrogen) atoms. The number of halogens is 1. The summed E-state index contributed by atoms with van der Waals surface area (Å²) in [5, 5.41) is 5.76. The number of hydrogen-bond donors (Lipinski definition) is 2. The first-order valence-electron chi connectivity index (χ1n) is 13.0. The number of fused-ring (bicyclic) bond motifs is 1. The molecule has 1 aromatic heterocycles. The van der Waals surface area contributed by atoms with E-state index < -0.39 is 17.6 Å². The zero-order valence-corrected chi connectivity index (χ0v) is 20.5. The number of likely N-dealkylation sites (tertiary alicyclic amines) is 1. The predicted octanol–water partition coefficient (Wildman–Crippen LogP) is 3.17. The van der Waals surface area contributed by atoms with Gasteiger partial charge in [-0.25, -0.2) is 9.37 Å². The van der Waals surface area contributed by atoms with Crippen molar-refractivity contribution in [3.8, 4) is 5.75 Å². The number of nitrogens with one attached hydrogen (secondary N) is 2. The number of anilines is 3. The number of carbonyl (C=O) groups excluding carboxylic acids is 2. The number of ether oxygens (including phenoxy) is 1. The molecule has 3 heterocycles. The average molecular weight is 497 g/mol. The summed E-state index contributed by atoms with van der Waals surface area (Å²) in [6, 6.07) is 4.59. The zero-order chi connectivity index (χ0) is 24.9. The molecule has 192 valence electrons. The molecule has 2 amide bonds. The summed E-state index contributed by atoms with van der Waals surface area (Å²) in [5.41, 5.74) is 1.30. The van der Waals surface area contributed by atoms with Crippen LogP contribution >= 0.6 is 0 Å². The Kier molecular flexibility index (Phi) is 7.60. The van der Waals surface area contributed by atoms with Crippen LogP contribution in [0.1, 0.15) is 50.5 Å². The van der Waals surface area contributed by atoms with Crippen LogP contribution in [0, 0.1) is 5.82 Å². The first-order chi connectivity index (χ1) is 17.6. The fraction of sp³-hybridized carbons (Fsp3) is 0.538. The highest BCUT2D eigenvalue weighted by molar-refractivity contribution is 6.40. The van der Waals surface area contributed by atoms with Crippen molar-refractivity contribution in [1.82, 2.24) is 20.2 Å². The fourth-order valence-electron chi connectivity index (χ4n) is 5.22. The summed E-state index contributed by atoms with van der Waals surface area (Å²) in [5.74, 6) is -0.751. The van der Waals surface area contributed by atoms with E-state index >= 15 is 0 Å². The molecule has 1 saturated carbocycles. The van der Waals surface area contributed by atoms with E-state index in [9.17, 15) is 14.0 Å². The Morgan fingerprint density at radius 2 is 1.92 bits per heavy atom. The first kappa shape index (κ1) is 24.4. The van der Waals surface area contributed by atoms with Gasteiger partial charge in [0.15, 0.2) is 11.6 Å². The highest BCUT2D eigenvalue weighted by Crippen LogP contribution is 2.32. The van der Waals surface area contributed by atoms with Gasteiger partial charge in [0.05, 0.1) is 0 Å². The largest absolute Gasteiger partial charge is 0.489 e. The maximum Gasteiger partial charge on any atom is 0.317 e. The topological polar surface area (TPSA) is 99.7 Å². The maximum absolute atomic E-state index is 14.7. The Bertz CT molecular complexity index is 1100. The van der Waals surface area contributed by atoms with E-state index in [2.05, 4.69) is 25.5 Å². The van der Waals surface area contributed by atoms with Crippen LogP contribution in [0.15, 0.2) is 24.4 Å². The minimum atomic E-state index is -0.606. The lowest BCUT2D eigenvalue weighted by Crippen LogP contribution is -2.48. The summed E-state index contributed by atoms with van der Waals surface area (Å²) >= 11 is 0. The molecule has 1 aliphatic carbocycles. The van der Waals surface area contributed by atoms with Crippen LogP contribution in [0.4, 0.5) is 21.8 Å². The molecule has 0 unspecified atom stereocenters. The van der Waals surface area contributed by atoms with Gasteiger partial charge in [-0.3, -0.25) is 19.4 Å². The van der Waals surface area contributed by atoms with Gasteiger partial charge in [0, 0.05) is 42.6 Å².